The molecule has 1 heterocycles. The second kappa shape index (κ2) is 6.78. The van der Waals surface area contributed by atoms with E-state index in [9.17, 15) is 0 Å². The van der Waals surface area contributed by atoms with Crippen molar-refractivity contribution >= 4 is 5.95 Å². The average Bonchev–Trinajstić information content (AvgIpc) is 3.13. The number of hydrogen-bond acceptors (Lipinski definition) is 3. The van der Waals surface area contributed by atoms with Gasteiger partial charge in [-0.15, -0.1) is 0 Å². The van der Waals surface area contributed by atoms with E-state index in [4.69, 9.17) is 4.74 Å². The van der Waals surface area contributed by atoms with Gasteiger partial charge < -0.3 is 14.6 Å². The molecule has 4 nitrogen and oxygen atoms in total. The molecule has 0 aliphatic heterocycles. The van der Waals surface area contributed by atoms with Gasteiger partial charge in [0.2, 0.25) is 5.95 Å². The Morgan fingerprint density at radius 2 is 2.39 bits per heavy atom. The molecule has 0 aromatic carbocycles. The van der Waals surface area contributed by atoms with Crippen LogP contribution in [0.2, 0.25) is 0 Å². The van der Waals surface area contributed by atoms with Gasteiger partial charge in [0.15, 0.2) is 0 Å². The highest BCUT2D eigenvalue weighted by molar-refractivity contribution is 5.25. The SMILES string of the molecule is CCOCCCNc1nccn1CC(C)C1CC1. The summed E-state index contributed by atoms with van der Waals surface area (Å²) < 4.78 is 7.56. The van der Waals surface area contributed by atoms with Gasteiger partial charge in [0.05, 0.1) is 0 Å². The Hall–Kier alpha value is -1.03. The first-order chi connectivity index (χ1) is 8.81. The first-order valence-electron chi connectivity index (χ1n) is 7.14. The summed E-state index contributed by atoms with van der Waals surface area (Å²) in [7, 11) is 0. The van der Waals surface area contributed by atoms with E-state index in [1.165, 1.54) is 12.8 Å². The Kier molecular flexibility index (Phi) is 5.05. The van der Waals surface area contributed by atoms with Crippen molar-refractivity contribution in [3.8, 4) is 0 Å². The van der Waals surface area contributed by atoms with Gasteiger partial charge in [-0.1, -0.05) is 6.92 Å². The van der Waals surface area contributed by atoms with Gasteiger partial charge in [0.1, 0.15) is 0 Å². The van der Waals surface area contributed by atoms with Gasteiger partial charge in [-0.3, -0.25) is 0 Å². The van der Waals surface area contributed by atoms with E-state index in [2.05, 4.69) is 28.0 Å². The summed E-state index contributed by atoms with van der Waals surface area (Å²) in [6, 6.07) is 0. The largest absolute Gasteiger partial charge is 0.382 e. The molecule has 1 saturated carbocycles. The topological polar surface area (TPSA) is 39.1 Å². The zero-order valence-corrected chi connectivity index (χ0v) is 11.6. The Labute approximate surface area is 110 Å². The maximum absolute atomic E-state index is 5.32. The van der Waals surface area contributed by atoms with Crippen molar-refractivity contribution in [1.82, 2.24) is 9.55 Å². The molecule has 0 bridgehead atoms. The van der Waals surface area contributed by atoms with Gasteiger partial charge in [0, 0.05) is 38.7 Å². The fourth-order valence-corrected chi connectivity index (χ4v) is 2.27. The van der Waals surface area contributed by atoms with Gasteiger partial charge >= 0.3 is 0 Å². The van der Waals surface area contributed by atoms with Crippen LogP contribution in [0.15, 0.2) is 12.4 Å². The van der Waals surface area contributed by atoms with E-state index in [1.54, 1.807) is 0 Å². The molecule has 1 fully saturated rings. The number of imidazole rings is 1. The summed E-state index contributed by atoms with van der Waals surface area (Å²) in [5, 5.41) is 3.39. The normalized spacial score (nSPS) is 16.8. The first-order valence-corrected chi connectivity index (χ1v) is 7.14. The number of rotatable bonds is 9. The highest BCUT2D eigenvalue weighted by Crippen LogP contribution is 2.37. The lowest BCUT2D eigenvalue weighted by atomic mass is 10.1. The van der Waals surface area contributed by atoms with Gasteiger partial charge in [-0.2, -0.15) is 0 Å². The second-order valence-corrected chi connectivity index (χ2v) is 5.20. The van der Waals surface area contributed by atoms with Crippen LogP contribution in [-0.4, -0.2) is 29.3 Å². The molecule has 1 aromatic heterocycles. The number of nitrogens with one attached hydrogen (secondary N) is 1. The molecule has 0 radical (unpaired) electrons. The number of hydrogen-bond donors (Lipinski definition) is 1. The third-order valence-electron chi connectivity index (χ3n) is 3.58. The minimum absolute atomic E-state index is 0.767. The van der Waals surface area contributed by atoms with Crippen molar-refractivity contribution in [1.29, 1.82) is 0 Å². The number of aromatic nitrogens is 2. The highest BCUT2D eigenvalue weighted by atomic mass is 16.5. The van der Waals surface area contributed by atoms with Crippen molar-refractivity contribution in [2.45, 2.75) is 39.7 Å². The Balaban J connectivity index is 1.72. The van der Waals surface area contributed by atoms with Crippen LogP contribution in [0.4, 0.5) is 5.95 Å². The van der Waals surface area contributed by atoms with E-state index in [0.717, 1.165) is 50.5 Å². The van der Waals surface area contributed by atoms with Crippen LogP contribution in [0.5, 0.6) is 0 Å². The van der Waals surface area contributed by atoms with E-state index in [-0.39, 0.29) is 0 Å². The Morgan fingerprint density at radius 3 is 3.11 bits per heavy atom. The quantitative estimate of drug-likeness (QED) is 0.686. The molecule has 1 atom stereocenters. The van der Waals surface area contributed by atoms with Crippen LogP contribution < -0.4 is 5.32 Å². The third-order valence-corrected chi connectivity index (χ3v) is 3.58. The van der Waals surface area contributed by atoms with Crippen molar-refractivity contribution in [3.63, 3.8) is 0 Å². The van der Waals surface area contributed by atoms with Gasteiger partial charge in [0.25, 0.3) is 0 Å². The molecular weight excluding hydrogens is 226 g/mol. The maximum atomic E-state index is 5.32. The molecule has 0 spiro atoms. The Morgan fingerprint density at radius 1 is 1.56 bits per heavy atom. The van der Waals surface area contributed by atoms with Crippen molar-refractivity contribution in [2.75, 3.05) is 25.1 Å². The smallest absolute Gasteiger partial charge is 0.202 e. The van der Waals surface area contributed by atoms with Gasteiger partial charge in [-0.25, -0.2) is 4.98 Å². The molecular formula is C14H25N3O. The molecule has 102 valence electrons. The summed E-state index contributed by atoms with van der Waals surface area (Å²) in [5.74, 6) is 2.71. The van der Waals surface area contributed by atoms with Gasteiger partial charge in [-0.05, 0) is 38.0 Å². The van der Waals surface area contributed by atoms with E-state index in [0.29, 0.717) is 0 Å². The van der Waals surface area contributed by atoms with Crippen molar-refractivity contribution in [3.05, 3.63) is 12.4 Å². The van der Waals surface area contributed by atoms with E-state index >= 15 is 0 Å². The maximum Gasteiger partial charge on any atom is 0.202 e. The van der Waals surface area contributed by atoms with Crippen molar-refractivity contribution < 1.29 is 4.74 Å². The molecule has 1 unspecified atom stereocenters. The summed E-state index contributed by atoms with van der Waals surface area (Å²) in [6.07, 6.45) is 7.80. The van der Waals surface area contributed by atoms with E-state index < -0.39 is 0 Å². The number of ether oxygens (including phenoxy) is 1. The lowest BCUT2D eigenvalue weighted by molar-refractivity contribution is 0.147. The fourth-order valence-electron chi connectivity index (χ4n) is 2.27. The lowest BCUT2D eigenvalue weighted by Gasteiger charge is -2.14. The monoisotopic (exact) mass is 251 g/mol. The van der Waals surface area contributed by atoms with Crippen molar-refractivity contribution in [2.24, 2.45) is 11.8 Å². The molecule has 0 amide bonds. The minimum atomic E-state index is 0.767. The number of nitrogens with zero attached hydrogens (tertiary/aromatic N) is 2. The van der Waals surface area contributed by atoms with Crippen LogP contribution in [-0.2, 0) is 11.3 Å². The van der Waals surface area contributed by atoms with Crippen LogP contribution >= 0.6 is 0 Å². The molecule has 1 N–H and O–H groups in total. The zero-order valence-electron chi connectivity index (χ0n) is 11.6. The van der Waals surface area contributed by atoms with Crippen LogP contribution in [0.3, 0.4) is 0 Å². The second-order valence-electron chi connectivity index (χ2n) is 5.20. The van der Waals surface area contributed by atoms with Crippen LogP contribution in [0.25, 0.3) is 0 Å². The summed E-state index contributed by atoms with van der Waals surface area (Å²) >= 11 is 0. The van der Waals surface area contributed by atoms with Crippen LogP contribution in [0.1, 0.15) is 33.1 Å². The summed E-state index contributed by atoms with van der Waals surface area (Å²) in [6.45, 7) is 8.00. The first kappa shape index (κ1) is 13.4. The minimum Gasteiger partial charge on any atom is -0.382 e. The molecule has 1 aliphatic rings. The summed E-state index contributed by atoms with van der Waals surface area (Å²) in [5.41, 5.74) is 0. The zero-order chi connectivity index (χ0) is 12.8. The standard InChI is InChI=1S/C14H25N3O/c1-3-18-10-4-7-15-14-16-8-9-17(14)11-12(2)13-5-6-13/h8-9,12-13H,3-7,10-11H2,1-2H3,(H,15,16). The predicted octanol–water partition coefficient (Wildman–Crippen LogP) is 2.77. The molecule has 18 heavy (non-hydrogen) atoms. The summed E-state index contributed by atoms with van der Waals surface area (Å²) in [4.78, 5) is 4.38. The molecule has 1 aliphatic carbocycles. The third kappa shape index (κ3) is 4.02. The molecule has 0 saturated heterocycles. The molecule has 4 heteroatoms. The Bertz CT molecular complexity index is 347. The highest BCUT2D eigenvalue weighted by Gasteiger charge is 2.28. The number of anilines is 1. The molecule has 1 aromatic rings. The van der Waals surface area contributed by atoms with E-state index in [1.807, 2.05) is 13.1 Å². The predicted molar refractivity (Wildman–Crippen MR) is 73.7 cm³/mol. The lowest BCUT2D eigenvalue weighted by Crippen LogP contribution is -2.14. The van der Waals surface area contributed by atoms with Crippen LogP contribution in [0, 0.1) is 11.8 Å². The fraction of sp³-hybridized carbons (Fsp3) is 0.786. The average molecular weight is 251 g/mol. The molecule has 2 rings (SSSR count).